The minimum absolute atomic E-state index is 0.167. The van der Waals surface area contributed by atoms with Crippen LogP contribution in [0.25, 0.3) is 0 Å². The lowest BCUT2D eigenvalue weighted by molar-refractivity contribution is -0.145. The zero-order valence-corrected chi connectivity index (χ0v) is 11.9. The smallest absolute Gasteiger partial charge is 0.328 e. The minimum atomic E-state index is -1.26. The lowest BCUT2D eigenvalue weighted by atomic mass is 10.2. The summed E-state index contributed by atoms with van der Waals surface area (Å²) in [6.45, 7) is -0.713. The minimum Gasteiger partial charge on any atom is -0.467 e. The van der Waals surface area contributed by atoms with Crippen LogP contribution in [-0.4, -0.2) is 46.7 Å². The molecule has 0 aliphatic heterocycles. The number of nitrogens with one attached hydrogen (secondary N) is 1. The van der Waals surface area contributed by atoms with Crippen LogP contribution >= 0.6 is 0 Å². The molecule has 20 heavy (non-hydrogen) atoms. The molecule has 1 rings (SSSR count). The number of rotatable bonds is 7. The average molecular weight is 299 g/mol. The van der Waals surface area contributed by atoms with Crippen molar-refractivity contribution in [2.45, 2.75) is 17.4 Å². The number of carbonyl (C=O) groups excluding carboxylic acids is 2. The number of benzene rings is 1. The van der Waals surface area contributed by atoms with Gasteiger partial charge in [-0.15, -0.1) is 0 Å². The Bertz CT molecular complexity index is 477. The van der Waals surface area contributed by atoms with Crippen molar-refractivity contribution >= 4 is 22.7 Å². The van der Waals surface area contributed by atoms with Crippen LogP contribution in [-0.2, 0) is 25.1 Å². The number of esters is 1. The first-order valence-corrected chi connectivity index (χ1v) is 7.32. The summed E-state index contributed by atoms with van der Waals surface area (Å²) in [5.74, 6) is -1.10. The molecule has 0 unspecified atom stereocenters. The first kappa shape index (κ1) is 16.3. The number of methoxy groups -OCH3 is 1. The van der Waals surface area contributed by atoms with Gasteiger partial charge in [0.05, 0.1) is 17.9 Å². The molecule has 0 fully saturated rings. The number of hydrogen-bond acceptors (Lipinski definition) is 5. The molecule has 0 saturated heterocycles. The second kappa shape index (κ2) is 8.44. The topological polar surface area (TPSA) is 92.7 Å². The van der Waals surface area contributed by atoms with Gasteiger partial charge in [-0.2, -0.15) is 0 Å². The molecule has 0 spiro atoms. The zero-order valence-electron chi connectivity index (χ0n) is 11.1. The lowest BCUT2D eigenvalue weighted by Crippen LogP contribution is -2.43. The van der Waals surface area contributed by atoms with E-state index in [4.69, 9.17) is 5.11 Å². The molecule has 0 heterocycles. The maximum absolute atomic E-state index is 12.0. The van der Waals surface area contributed by atoms with Crippen LogP contribution in [0.1, 0.15) is 6.42 Å². The predicted molar refractivity (Wildman–Crippen MR) is 73.4 cm³/mol. The van der Waals surface area contributed by atoms with Crippen LogP contribution < -0.4 is 5.32 Å². The standard InChI is InChI=1S/C13H17NO5S/c1-19-13(17)11(14-12(16)9-15)7-8-20(18)10-5-3-2-4-6-10/h2-6,11,15H,7-9H2,1H3,(H,14,16)/t11-,20+/m1/s1. The lowest BCUT2D eigenvalue weighted by Gasteiger charge is -2.15. The molecule has 1 aromatic carbocycles. The van der Waals surface area contributed by atoms with Gasteiger partial charge in [0.2, 0.25) is 5.91 Å². The Hall–Kier alpha value is -1.73. The highest BCUT2D eigenvalue weighted by Gasteiger charge is 2.22. The maximum Gasteiger partial charge on any atom is 0.328 e. The van der Waals surface area contributed by atoms with Gasteiger partial charge in [0.15, 0.2) is 0 Å². The highest BCUT2D eigenvalue weighted by molar-refractivity contribution is 7.85. The quantitative estimate of drug-likeness (QED) is 0.682. The van der Waals surface area contributed by atoms with Crippen molar-refractivity contribution in [1.82, 2.24) is 5.32 Å². The molecule has 7 heteroatoms. The van der Waals surface area contributed by atoms with Gasteiger partial charge in [0.1, 0.15) is 12.6 Å². The number of ether oxygens (including phenoxy) is 1. The summed E-state index contributed by atoms with van der Waals surface area (Å²) in [6.07, 6.45) is 0.167. The van der Waals surface area contributed by atoms with E-state index in [0.29, 0.717) is 4.90 Å². The fourth-order valence-electron chi connectivity index (χ4n) is 1.55. The van der Waals surface area contributed by atoms with E-state index in [1.165, 1.54) is 7.11 Å². The van der Waals surface area contributed by atoms with E-state index in [-0.39, 0.29) is 12.2 Å². The Labute approximate surface area is 119 Å². The summed E-state index contributed by atoms with van der Waals surface area (Å²) in [5, 5.41) is 11.0. The Kier molecular flexibility index (Phi) is 6.89. The van der Waals surface area contributed by atoms with Crippen LogP contribution in [0, 0.1) is 0 Å². The number of aliphatic hydroxyl groups is 1. The molecule has 1 amide bonds. The first-order chi connectivity index (χ1) is 9.58. The van der Waals surface area contributed by atoms with Gasteiger partial charge in [-0.05, 0) is 18.6 Å². The fourth-order valence-corrected chi connectivity index (χ4v) is 2.69. The Balaban J connectivity index is 2.60. The summed E-state index contributed by atoms with van der Waals surface area (Å²) in [6, 6.07) is 7.93. The Morgan fingerprint density at radius 3 is 2.55 bits per heavy atom. The van der Waals surface area contributed by atoms with E-state index in [1.54, 1.807) is 24.3 Å². The molecule has 0 aromatic heterocycles. The van der Waals surface area contributed by atoms with Crippen molar-refractivity contribution in [3.05, 3.63) is 30.3 Å². The van der Waals surface area contributed by atoms with E-state index in [9.17, 15) is 13.8 Å². The summed E-state index contributed by atoms with van der Waals surface area (Å²) in [7, 11) is -0.0579. The van der Waals surface area contributed by atoms with Gasteiger partial charge in [0, 0.05) is 10.6 Å². The average Bonchev–Trinajstić information content (AvgIpc) is 2.50. The largest absolute Gasteiger partial charge is 0.467 e. The van der Waals surface area contributed by atoms with Gasteiger partial charge in [-0.3, -0.25) is 9.00 Å². The molecule has 2 N–H and O–H groups in total. The van der Waals surface area contributed by atoms with Crippen molar-refractivity contribution in [3.8, 4) is 0 Å². The molecule has 0 saturated carbocycles. The van der Waals surface area contributed by atoms with E-state index in [2.05, 4.69) is 10.1 Å². The van der Waals surface area contributed by atoms with Gasteiger partial charge in [0.25, 0.3) is 0 Å². The molecule has 0 bridgehead atoms. The second-order valence-corrected chi connectivity index (χ2v) is 5.52. The van der Waals surface area contributed by atoms with E-state index in [1.807, 2.05) is 6.07 Å². The van der Waals surface area contributed by atoms with E-state index in [0.717, 1.165) is 0 Å². The highest BCUT2D eigenvalue weighted by atomic mass is 32.2. The predicted octanol–water partition coefficient (Wildman–Crippen LogP) is -0.166. The molecule has 1 aromatic rings. The third-order valence-corrected chi connectivity index (χ3v) is 3.97. The van der Waals surface area contributed by atoms with Crippen molar-refractivity contribution < 1.29 is 23.6 Å². The Morgan fingerprint density at radius 2 is 2.00 bits per heavy atom. The highest BCUT2D eigenvalue weighted by Crippen LogP contribution is 2.08. The van der Waals surface area contributed by atoms with Crippen LogP contribution in [0.3, 0.4) is 0 Å². The van der Waals surface area contributed by atoms with Crippen LogP contribution in [0.2, 0.25) is 0 Å². The fraction of sp³-hybridized carbons (Fsp3) is 0.385. The SMILES string of the molecule is COC(=O)[C@@H](CC[S@](=O)c1ccccc1)NC(=O)CO. The monoisotopic (exact) mass is 299 g/mol. The molecule has 110 valence electrons. The van der Waals surface area contributed by atoms with Crippen molar-refractivity contribution in [3.63, 3.8) is 0 Å². The van der Waals surface area contributed by atoms with Gasteiger partial charge < -0.3 is 15.2 Å². The summed E-state index contributed by atoms with van der Waals surface area (Å²) < 4.78 is 16.6. The number of carbonyl (C=O) groups is 2. The number of aliphatic hydroxyl groups excluding tert-OH is 1. The molecule has 0 aliphatic carbocycles. The van der Waals surface area contributed by atoms with Crippen molar-refractivity contribution in [1.29, 1.82) is 0 Å². The third-order valence-electron chi connectivity index (χ3n) is 2.56. The molecule has 6 nitrogen and oxygen atoms in total. The van der Waals surface area contributed by atoms with E-state index >= 15 is 0 Å². The first-order valence-electron chi connectivity index (χ1n) is 6.00. The zero-order chi connectivity index (χ0) is 15.0. The van der Waals surface area contributed by atoms with Crippen LogP contribution in [0.4, 0.5) is 0 Å². The van der Waals surface area contributed by atoms with Crippen molar-refractivity contribution in [2.24, 2.45) is 0 Å². The molecule has 2 atom stereocenters. The summed E-state index contributed by atoms with van der Waals surface area (Å²) >= 11 is 0. The maximum atomic E-state index is 12.0. The number of amides is 1. The molecular weight excluding hydrogens is 282 g/mol. The van der Waals surface area contributed by atoms with Crippen LogP contribution in [0.15, 0.2) is 35.2 Å². The van der Waals surface area contributed by atoms with Gasteiger partial charge in [-0.25, -0.2) is 4.79 Å². The Morgan fingerprint density at radius 1 is 1.35 bits per heavy atom. The third kappa shape index (κ3) is 5.10. The summed E-state index contributed by atoms with van der Waals surface area (Å²) in [4.78, 5) is 23.3. The normalized spacial score (nSPS) is 13.3. The molecule has 0 aliphatic rings. The van der Waals surface area contributed by atoms with Gasteiger partial charge >= 0.3 is 5.97 Å². The number of hydrogen-bond donors (Lipinski definition) is 2. The second-order valence-electron chi connectivity index (χ2n) is 3.95. The molecule has 0 radical (unpaired) electrons. The summed E-state index contributed by atoms with van der Waals surface area (Å²) in [5.41, 5.74) is 0. The molecular formula is C13H17NO5S. The van der Waals surface area contributed by atoms with Crippen LogP contribution in [0.5, 0.6) is 0 Å². The van der Waals surface area contributed by atoms with Crippen molar-refractivity contribution in [2.75, 3.05) is 19.5 Å². The van der Waals surface area contributed by atoms with E-state index < -0.39 is 35.3 Å². The van der Waals surface area contributed by atoms with Gasteiger partial charge in [-0.1, -0.05) is 18.2 Å².